The molecule has 126 valence electrons. The second-order valence-corrected chi connectivity index (χ2v) is 5.44. The number of phenolic OH excluding ortho intramolecular Hbond substituents is 1. The molecule has 0 radical (unpaired) electrons. The van der Waals surface area contributed by atoms with E-state index < -0.39 is 17.5 Å². The standard InChI is InChI=1S/C18H14ClF3O2/c19-10-9-14-11-13(6-8-17(14)24)16(23)7-5-12-3-1-2-4-15(12)18(20,21)22/h1-8,11,24H,9-10H2. The minimum absolute atomic E-state index is 0.0265. The maximum absolute atomic E-state index is 12.9. The van der Waals surface area contributed by atoms with Crippen molar-refractivity contribution in [3.63, 3.8) is 0 Å². The second-order valence-electron chi connectivity index (χ2n) is 5.07. The Morgan fingerprint density at radius 2 is 1.88 bits per heavy atom. The van der Waals surface area contributed by atoms with Crippen molar-refractivity contribution in [2.45, 2.75) is 12.6 Å². The zero-order valence-corrected chi connectivity index (χ0v) is 13.2. The van der Waals surface area contributed by atoms with Crippen molar-refractivity contribution in [2.24, 2.45) is 0 Å². The lowest BCUT2D eigenvalue weighted by Crippen LogP contribution is -2.07. The molecule has 2 nitrogen and oxygen atoms in total. The third-order valence-electron chi connectivity index (χ3n) is 3.41. The summed E-state index contributed by atoms with van der Waals surface area (Å²) in [5, 5.41) is 9.67. The van der Waals surface area contributed by atoms with Gasteiger partial charge in [0, 0.05) is 11.4 Å². The smallest absolute Gasteiger partial charge is 0.416 e. The fourth-order valence-electron chi connectivity index (χ4n) is 2.20. The molecule has 0 aliphatic rings. The predicted octanol–water partition coefficient (Wildman–Crippen LogP) is 5.09. The zero-order valence-electron chi connectivity index (χ0n) is 12.5. The van der Waals surface area contributed by atoms with Gasteiger partial charge in [-0.3, -0.25) is 4.79 Å². The number of aryl methyl sites for hydroxylation is 1. The van der Waals surface area contributed by atoms with Gasteiger partial charge >= 0.3 is 6.18 Å². The Kier molecular flexibility index (Phi) is 5.67. The third-order valence-corrected chi connectivity index (χ3v) is 3.60. The molecule has 2 aromatic carbocycles. The summed E-state index contributed by atoms with van der Waals surface area (Å²) in [6, 6.07) is 9.28. The molecule has 0 aromatic heterocycles. The number of carbonyl (C=O) groups excluding carboxylic acids is 1. The van der Waals surface area contributed by atoms with Gasteiger partial charge in [-0.2, -0.15) is 13.2 Å². The maximum atomic E-state index is 12.9. The van der Waals surface area contributed by atoms with E-state index in [9.17, 15) is 23.1 Å². The number of ketones is 1. The minimum Gasteiger partial charge on any atom is -0.508 e. The Morgan fingerprint density at radius 1 is 1.17 bits per heavy atom. The monoisotopic (exact) mass is 354 g/mol. The van der Waals surface area contributed by atoms with Gasteiger partial charge in [-0.15, -0.1) is 11.6 Å². The molecule has 0 saturated heterocycles. The minimum atomic E-state index is -4.49. The van der Waals surface area contributed by atoms with Crippen LogP contribution < -0.4 is 0 Å². The fourth-order valence-corrected chi connectivity index (χ4v) is 2.41. The van der Waals surface area contributed by atoms with Crippen LogP contribution in [0.5, 0.6) is 5.75 Å². The first-order chi connectivity index (χ1) is 11.3. The summed E-state index contributed by atoms with van der Waals surface area (Å²) in [5.41, 5.74) is -0.103. The molecular formula is C18H14ClF3O2. The molecule has 0 spiro atoms. The number of aromatic hydroxyl groups is 1. The zero-order chi connectivity index (χ0) is 17.7. The summed E-state index contributed by atoms with van der Waals surface area (Å²) in [7, 11) is 0. The maximum Gasteiger partial charge on any atom is 0.416 e. The SMILES string of the molecule is O=C(C=Cc1ccccc1C(F)(F)F)c1ccc(O)c(CCCl)c1. The van der Waals surface area contributed by atoms with Crippen molar-refractivity contribution in [1.29, 1.82) is 0 Å². The molecule has 2 aromatic rings. The van der Waals surface area contributed by atoms with E-state index in [2.05, 4.69) is 0 Å². The van der Waals surface area contributed by atoms with Gasteiger partial charge in [0.15, 0.2) is 5.78 Å². The van der Waals surface area contributed by atoms with E-state index in [0.717, 1.165) is 18.2 Å². The van der Waals surface area contributed by atoms with Crippen molar-refractivity contribution in [1.82, 2.24) is 0 Å². The van der Waals surface area contributed by atoms with Gasteiger partial charge < -0.3 is 5.11 Å². The molecule has 24 heavy (non-hydrogen) atoms. The molecule has 0 saturated carbocycles. The molecule has 0 amide bonds. The number of hydrogen-bond donors (Lipinski definition) is 1. The van der Waals surface area contributed by atoms with E-state index in [1.54, 1.807) is 0 Å². The lowest BCUT2D eigenvalue weighted by Gasteiger charge is -2.09. The first-order valence-electron chi connectivity index (χ1n) is 7.09. The van der Waals surface area contributed by atoms with Crippen molar-refractivity contribution in [2.75, 3.05) is 5.88 Å². The van der Waals surface area contributed by atoms with Crippen LogP contribution in [-0.4, -0.2) is 16.8 Å². The van der Waals surface area contributed by atoms with Gasteiger partial charge in [-0.05, 0) is 47.9 Å². The van der Waals surface area contributed by atoms with Crippen molar-refractivity contribution < 1.29 is 23.1 Å². The number of alkyl halides is 4. The summed E-state index contributed by atoms with van der Waals surface area (Å²) in [6.45, 7) is 0. The number of carbonyl (C=O) groups is 1. The fraction of sp³-hybridized carbons (Fsp3) is 0.167. The largest absolute Gasteiger partial charge is 0.508 e. The van der Waals surface area contributed by atoms with E-state index in [-0.39, 0.29) is 22.8 Å². The molecule has 0 aliphatic carbocycles. The highest BCUT2D eigenvalue weighted by atomic mass is 35.5. The summed E-state index contributed by atoms with van der Waals surface area (Å²) < 4.78 is 38.8. The van der Waals surface area contributed by atoms with E-state index in [4.69, 9.17) is 11.6 Å². The van der Waals surface area contributed by atoms with Gasteiger partial charge in [0.2, 0.25) is 0 Å². The van der Waals surface area contributed by atoms with Crippen LogP contribution in [0.3, 0.4) is 0 Å². The molecule has 0 fully saturated rings. The Morgan fingerprint density at radius 3 is 2.54 bits per heavy atom. The van der Waals surface area contributed by atoms with Gasteiger partial charge in [-0.1, -0.05) is 24.3 Å². The quantitative estimate of drug-likeness (QED) is 0.461. The average molecular weight is 355 g/mol. The highest BCUT2D eigenvalue weighted by Gasteiger charge is 2.32. The Labute approximate surface area is 142 Å². The van der Waals surface area contributed by atoms with Crippen molar-refractivity contribution in [3.05, 3.63) is 70.8 Å². The summed E-state index contributed by atoms with van der Waals surface area (Å²) in [4.78, 5) is 12.2. The van der Waals surface area contributed by atoms with Crippen molar-refractivity contribution in [3.8, 4) is 5.75 Å². The van der Waals surface area contributed by atoms with Crippen LogP contribution in [0.4, 0.5) is 13.2 Å². The molecule has 0 bridgehead atoms. The van der Waals surface area contributed by atoms with Crippen LogP contribution in [0.1, 0.15) is 27.0 Å². The topological polar surface area (TPSA) is 37.3 Å². The van der Waals surface area contributed by atoms with E-state index in [1.807, 2.05) is 0 Å². The molecule has 0 unspecified atom stereocenters. The van der Waals surface area contributed by atoms with Crippen LogP contribution in [0.25, 0.3) is 6.08 Å². The van der Waals surface area contributed by atoms with Crippen LogP contribution in [-0.2, 0) is 12.6 Å². The lowest BCUT2D eigenvalue weighted by atomic mass is 10.0. The van der Waals surface area contributed by atoms with Gasteiger partial charge in [-0.25, -0.2) is 0 Å². The van der Waals surface area contributed by atoms with Gasteiger partial charge in [0.1, 0.15) is 5.75 Å². The van der Waals surface area contributed by atoms with Crippen LogP contribution in [0.15, 0.2) is 48.5 Å². The number of rotatable bonds is 5. The van der Waals surface area contributed by atoms with Crippen LogP contribution in [0, 0.1) is 0 Å². The molecule has 6 heteroatoms. The Balaban J connectivity index is 2.28. The highest BCUT2D eigenvalue weighted by molar-refractivity contribution is 6.18. The highest BCUT2D eigenvalue weighted by Crippen LogP contribution is 2.32. The summed E-state index contributed by atoms with van der Waals surface area (Å²) in [6.07, 6.45) is -1.88. The number of phenols is 1. The molecule has 1 N–H and O–H groups in total. The van der Waals surface area contributed by atoms with Crippen molar-refractivity contribution >= 4 is 23.5 Å². The lowest BCUT2D eigenvalue weighted by molar-refractivity contribution is -0.137. The van der Waals surface area contributed by atoms with E-state index in [1.165, 1.54) is 36.4 Å². The number of allylic oxidation sites excluding steroid dienone is 1. The number of benzene rings is 2. The number of hydrogen-bond acceptors (Lipinski definition) is 2. The second kappa shape index (κ2) is 7.53. The first kappa shape index (κ1) is 18.1. The third kappa shape index (κ3) is 4.38. The summed E-state index contributed by atoms with van der Waals surface area (Å²) in [5.74, 6) is -0.151. The molecular weight excluding hydrogens is 341 g/mol. The van der Waals surface area contributed by atoms with Gasteiger partial charge in [0.25, 0.3) is 0 Å². The van der Waals surface area contributed by atoms with E-state index >= 15 is 0 Å². The Bertz CT molecular complexity index is 767. The van der Waals surface area contributed by atoms with Gasteiger partial charge in [0.05, 0.1) is 5.56 Å². The van der Waals surface area contributed by atoms with Crippen LogP contribution >= 0.6 is 11.6 Å². The summed E-state index contributed by atoms with van der Waals surface area (Å²) >= 11 is 5.62. The normalized spacial score (nSPS) is 11.8. The number of halogens is 4. The molecule has 2 rings (SSSR count). The predicted molar refractivity (Wildman–Crippen MR) is 87.3 cm³/mol. The average Bonchev–Trinajstić information content (AvgIpc) is 2.54. The Hall–Kier alpha value is -2.27. The molecule has 0 atom stereocenters. The van der Waals surface area contributed by atoms with E-state index in [0.29, 0.717) is 12.0 Å². The first-order valence-corrected chi connectivity index (χ1v) is 7.63. The van der Waals surface area contributed by atoms with Crippen LogP contribution in [0.2, 0.25) is 0 Å². The molecule has 0 aliphatic heterocycles. The molecule has 0 heterocycles.